The van der Waals surface area contributed by atoms with Crippen molar-refractivity contribution in [3.05, 3.63) is 12.2 Å². The second-order valence-electron chi connectivity index (χ2n) is 2.97. The molecular formula is C7H7Br3. The maximum atomic E-state index is 3.68. The standard InChI is InChI=1S/C7H7Br3/c8-6-4-1-2-5(3-4)7(6,9)10/h1-2,4-6H,3H2. The molecule has 2 aliphatic carbocycles. The zero-order valence-electron chi connectivity index (χ0n) is 5.23. The van der Waals surface area contributed by atoms with Crippen molar-refractivity contribution in [1.29, 1.82) is 0 Å². The van der Waals surface area contributed by atoms with Crippen LogP contribution < -0.4 is 0 Å². The maximum Gasteiger partial charge on any atom is 0.0997 e. The highest BCUT2D eigenvalue weighted by Gasteiger charge is 2.52. The minimum atomic E-state index is 0.124. The van der Waals surface area contributed by atoms with Gasteiger partial charge in [-0.2, -0.15) is 0 Å². The summed E-state index contributed by atoms with van der Waals surface area (Å²) in [5.41, 5.74) is 0. The molecule has 0 spiro atoms. The Bertz CT molecular complexity index is 185. The van der Waals surface area contributed by atoms with Crippen molar-refractivity contribution in [3.63, 3.8) is 0 Å². The molecule has 2 bridgehead atoms. The summed E-state index contributed by atoms with van der Waals surface area (Å²) in [6.45, 7) is 0. The number of halogens is 3. The largest absolute Gasteiger partial charge is 0.0997 e. The molecule has 56 valence electrons. The molecule has 1 fully saturated rings. The van der Waals surface area contributed by atoms with E-state index in [0.29, 0.717) is 10.7 Å². The van der Waals surface area contributed by atoms with E-state index in [1.165, 1.54) is 6.42 Å². The van der Waals surface area contributed by atoms with Crippen molar-refractivity contribution in [1.82, 2.24) is 0 Å². The van der Waals surface area contributed by atoms with Gasteiger partial charge in [0.05, 0.1) is 3.23 Å². The lowest BCUT2D eigenvalue weighted by Crippen LogP contribution is -2.28. The molecule has 0 aromatic heterocycles. The first kappa shape index (κ1) is 7.81. The molecule has 0 saturated heterocycles. The Morgan fingerprint density at radius 1 is 1.30 bits per heavy atom. The van der Waals surface area contributed by atoms with Gasteiger partial charge in [0, 0.05) is 10.7 Å². The number of fused-ring (bicyclic) bond motifs is 2. The van der Waals surface area contributed by atoms with Gasteiger partial charge in [-0.3, -0.25) is 0 Å². The highest BCUT2D eigenvalue weighted by atomic mass is 79.9. The van der Waals surface area contributed by atoms with E-state index in [-0.39, 0.29) is 3.23 Å². The molecule has 0 aromatic carbocycles. The normalized spacial score (nSPS) is 48.5. The number of rotatable bonds is 0. The fourth-order valence-corrected chi connectivity index (χ4v) is 3.81. The van der Waals surface area contributed by atoms with E-state index in [0.717, 1.165) is 5.92 Å². The summed E-state index contributed by atoms with van der Waals surface area (Å²) in [7, 11) is 0. The molecule has 2 rings (SSSR count). The Kier molecular flexibility index (Phi) is 1.82. The van der Waals surface area contributed by atoms with Gasteiger partial charge in [-0.15, -0.1) is 0 Å². The molecular weight excluding hydrogens is 324 g/mol. The van der Waals surface area contributed by atoms with Crippen molar-refractivity contribution in [2.24, 2.45) is 11.8 Å². The summed E-state index contributed by atoms with van der Waals surface area (Å²) in [6.07, 6.45) is 5.89. The predicted molar refractivity (Wildman–Crippen MR) is 54.0 cm³/mol. The number of alkyl halides is 3. The highest BCUT2D eigenvalue weighted by Crippen LogP contribution is 2.57. The van der Waals surface area contributed by atoms with Gasteiger partial charge in [-0.05, 0) is 12.3 Å². The van der Waals surface area contributed by atoms with Crippen LogP contribution in [-0.2, 0) is 0 Å². The molecule has 3 atom stereocenters. The van der Waals surface area contributed by atoms with Crippen LogP contribution in [0, 0.1) is 11.8 Å². The summed E-state index contributed by atoms with van der Waals surface area (Å²) in [6, 6.07) is 0. The Balaban J connectivity index is 2.35. The second kappa shape index (κ2) is 2.33. The molecule has 0 aromatic rings. The number of allylic oxidation sites excluding steroid dienone is 2. The van der Waals surface area contributed by atoms with E-state index < -0.39 is 0 Å². The van der Waals surface area contributed by atoms with E-state index >= 15 is 0 Å². The van der Waals surface area contributed by atoms with Crippen LogP contribution in [-0.4, -0.2) is 8.06 Å². The molecule has 3 unspecified atom stereocenters. The van der Waals surface area contributed by atoms with Crippen LogP contribution in [0.15, 0.2) is 12.2 Å². The molecule has 0 aliphatic heterocycles. The third kappa shape index (κ3) is 0.896. The Hall–Kier alpha value is 1.18. The Morgan fingerprint density at radius 2 is 2.00 bits per heavy atom. The summed E-state index contributed by atoms with van der Waals surface area (Å²) in [4.78, 5) is 0.551. The molecule has 3 heteroatoms. The lowest BCUT2D eigenvalue weighted by molar-refractivity contribution is 0.691. The lowest BCUT2D eigenvalue weighted by Gasteiger charge is -2.26. The van der Waals surface area contributed by atoms with E-state index in [1.807, 2.05) is 0 Å². The summed E-state index contributed by atoms with van der Waals surface area (Å²) in [5.74, 6) is 1.39. The topological polar surface area (TPSA) is 0 Å². The molecule has 0 amide bonds. The third-order valence-electron chi connectivity index (χ3n) is 2.35. The van der Waals surface area contributed by atoms with E-state index in [1.54, 1.807) is 0 Å². The molecule has 0 nitrogen and oxygen atoms in total. The van der Waals surface area contributed by atoms with Gasteiger partial charge in [0.15, 0.2) is 0 Å². The molecule has 1 saturated carbocycles. The molecule has 0 N–H and O–H groups in total. The Labute approximate surface area is 85.8 Å². The van der Waals surface area contributed by atoms with Gasteiger partial charge in [-0.1, -0.05) is 59.9 Å². The molecule has 2 aliphatic rings. The fourth-order valence-electron chi connectivity index (χ4n) is 1.72. The van der Waals surface area contributed by atoms with Crippen LogP contribution in [0.5, 0.6) is 0 Å². The average molecular weight is 331 g/mol. The van der Waals surface area contributed by atoms with E-state index in [9.17, 15) is 0 Å². The smallest absolute Gasteiger partial charge is 0.0859 e. The van der Waals surface area contributed by atoms with Gasteiger partial charge in [0.25, 0.3) is 0 Å². The first-order valence-electron chi connectivity index (χ1n) is 3.32. The van der Waals surface area contributed by atoms with Gasteiger partial charge in [0.1, 0.15) is 0 Å². The van der Waals surface area contributed by atoms with Crippen molar-refractivity contribution < 1.29 is 0 Å². The van der Waals surface area contributed by atoms with Crippen molar-refractivity contribution in [3.8, 4) is 0 Å². The molecule has 0 radical (unpaired) electrons. The van der Waals surface area contributed by atoms with Crippen molar-refractivity contribution in [2.75, 3.05) is 0 Å². The lowest BCUT2D eigenvalue weighted by atomic mass is 10.1. The Morgan fingerprint density at radius 3 is 2.30 bits per heavy atom. The third-order valence-corrected chi connectivity index (χ3v) is 7.15. The number of hydrogen-bond acceptors (Lipinski definition) is 0. The van der Waals surface area contributed by atoms with Crippen LogP contribution >= 0.6 is 47.8 Å². The zero-order chi connectivity index (χ0) is 7.35. The highest BCUT2D eigenvalue weighted by molar-refractivity contribution is 9.26. The quantitative estimate of drug-likeness (QED) is 0.471. The van der Waals surface area contributed by atoms with Crippen molar-refractivity contribution >= 4 is 47.8 Å². The van der Waals surface area contributed by atoms with Gasteiger partial charge in [0.2, 0.25) is 0 Å². The number of hydrogen-bond donors (Lipinski definition) is 0. The first-order chi connectivity index (χ1) is 4.62. The average Bonchev–Trinajstić information content (AvgIpc) is 2.37. The van der Waals surface area contributed by atoms with E-state index in [4.69, 9.17) is 0 Å². The minimum absolute atomic E-state index is 0.124. The second-order valence-corrected chi connectivity index (χ2v) is 7.64. The molecule has 0 heterocycles. The van der Waals surface area contributed by atoms with Crippen LogP contribution in [0.3, 0.4) is 0 Å². The van der Waals surface area contributed by atoms with Gasteiger partial charge >= 0.3 is 0 Å². The summed E-state index contributed by atoms with van der Waals surface area (Å²) >= 11 is 11.0. The van der Waals surface area contributed by atoms with Crippen LogP contribution in [0.4, 0.5) is 0 Å². The van der Waals surface area contributed by atoms with Gasteiger partial charge in [-0.25, -0.2) is 0 Å². The van der Waals surface area contributed by atoms with E-state index in [2.05, 4.69) is 59.9 Å². The minimum Gasteiger partial charge on any atom is -0.0859 e. The van der Waals surface area contributed by atoms with Crippen LogP contribution in [0.25, 0.3) is 0 Å². The zero-order valence-corrected chi connectivity index (χ0v) is 9.99. The maximum absolute atomic E-state index is 3.68. The van der Waals surface area contributed by atoms with Gasteiger partial charge < -0.3 is 0 Å². The SMILES string of the molecule is BrC1C2C=CC(C2)C1(Br)Br. The monoisotopic (exact) mass is 328 g/mol. The predicted octanol–water partition coefficient (Wildman–Crippen LogP) is 3.44. The van der Waals surface area contributed by atoms with Crippen LogP contribution in [0.1, 0.15) is 6.42 Å². The fraction of sp³-hybridized carbons (Fsp3) is 0.714. The van der Waals surface area contributed by atoms with Crippen molar-refractivity contribution in [2.45, 2.75) is 14.5 Å². The van der Waals surface area contributed by atoms with Crippen LogP contribution in [0.2, 0.25) is 0 Å². The summed E-state index contributed by atoms with van der Waals surface area (Å²) < 4.78 is 0.124. The summed E-state index contributed by atoms with van der Waals surface area (Å²) in [5, 5.41) is 0. The molecule has 10 heavy (non-hydrogen) atoms. The first-order valence-corrected chi connectivity index (χ1v) is 5.83.